The minimum Gasteiger partial charge on any atom is -0.317 e. The minimum absolute atomic E-state index is 0.0616. The molecule has 1 aromatic carbocycles. The van der Waals surface area contributed by atoms with E-state index < -0.39 is 11.7 Å². The summed E-state index contributed by atoms with van der Waals surface area (Å²) in [6.45, 7) is 0. The van der Waals surface area contributed by atoms with E-state index in [1.165, 1.54) is 16.7 Å². The highest BCUT2D eigenvalue weighted by atomic mass is 35.5. The van der Waals surface area contributed by atoms with Crippen molar-refractivity contribution in [2.24, 2.45) is 7.05 Å². The maximum atomic E-state index is 12.6. The Kier molecular flexibility index (Phi) is 3.29. The van der Waals surface area contributed by atoms with Gasteiger partial charge in [-0.1, -0.05) is 35.3 Å². The maximum Gasteiger partial charge on any atom is 0.416 e. The van der Waals surface area contributed by atoms with Gasteiger partial charge in [-0.3, -0.25) is 0 Å². The van der Waals surface area contributed by atoms with Gasteiger partial charge < -0.3 is 4.57 Å². The van der Waals surface area contributed by atoms with Gasteiger partial charge in [0.25, 0.3) is 0 Å². The molecule has 1 aromatic heterocycles. The fraction of sp³-hybridized carbons (Fsp3) is 0.182. The van der Waals surface area contributed by atoms with E-state index in [0.29, 0.717) is 5.56 Å². The standard InChI is InChI=1S/C11H7Cl2F3N2/c1-18-9(13)8(12)17-10(18)6-3-2-4-7(5-6)11(14,15)16/h2-5H,1H3. The molecule has 1 heterocycles. The zero-order chi connectivity index (χ0) is 13.5. The summed E-state index contributed by atoms with van der Waals surface area (Å²) in [6.07, 6.45) is -4.39. The van der Waals surface area contributed by atoms with Gasteiger partial charge >= 0.3 is 6.18 Å². The molecule has 0 aliphatic heterocycles. The molecule has 96 valence electrons. The summed E-state index contributed by atoms with van der Waals surface area (Å²) >= 11 is 11.6. The highest BCUT2D eigenvalue weighted by Crippen LogP contribution is 2.33. The summed E-state index contributed by atoms with van der Waals surface area (Å²) in [6, 6.07) is 4.84. The Morgan fingerprint density at radius 1 is 1.22 bits per heavy atom. The number of halogens is 5. The lowest BCUT2D eigenvalue weighted by Crippen LogP contribution is -2.05. The van der Waals surface area contributed by atoms with E-state index in [4.69, 9.17) is 23.2 Å². The molecule has 0 spiro atoms. The van der Waals surface area contributed by atoms with Crippen molar-refractivity contribution >= 4 is 23.2 Å². The van der Waals surface area contributed by atoms with Crippen LogP contribution >= 0.6 is 23.2 Å². The first-order valence-corrected chi connectivity index (χ1v) is 5.61. The van der Waals surface area contributed by atoms with Crippen LogP contribution in [-0.4, -0.2) is 9.55 Å². The first-order valence-electron chi connectivity index (χ1n) is 4.86. The first-order chi connectivity index (χ1) is 8.30. The van der Waals surface area contributed by atoms with Crippen LogP contribution in [0.5, 0.6) is 0 Å². The smallest absolute Gasteiger partial charge is 0.317 e. The van der Waals surface area contributed by atoms with Crippen LogP contribution in [0, 0.1) is 0 Å². The quantitative estimate of drug-likeness (QED) is 0.762. The van der Waals surface area contributed by atoms with Gasteiger partial charge in [-0.15, -0.1) is 0 Å². The Morgan fingerprint density at radius 3 is 2.39 bits per heavy atom. The molecule has 0 N–H and O–H groups in total. The van der Waals surface area contributed by atoms with Crippen molar-refractivity contribution in [3.05, 3.63) is 40.1 Å². The molecule has 18 heavy (non-hydrogen) atoms. The van der Waals surface area contributed by atoms with E-state index >= 15 is 0 Å². The van der Waals surface area contributed by atoms with Crippen LogP contribution in [0.15, 0.2) is 24.3 Å². The molecule has 0 fully saturated rings. The van der Waals surface area contributed by atoms with Crippen LogP contribution in [0.4, 0.5) is 13.2 Å². The molecule has 0 aliphatic carbocycles. The predicted octanol–water partition coefficient (Wildman–Crippen LogP) is 4.41. The molecule has 0 amide bonds. The molecule has 0 radical (unpaired) electrons. The fourth-order valence-electron chi connectivity index (χ4n) is 1.54. The van der Waals surface area contributed by atoms with E-state index in [-0.39, 0.29) is 16.1 Å². The lowest BCUT2D eigenvalue weighted by atomic mass is 10.1. The highest BCUT2D eigenvalue weighted by Gasteiger charge is 2.30. The average Bonchev–Trinajstić information content (AvgIpc) is 2.56. The van der Waals surface area contributed by atoms with Crippen molar-refractivity contribution in [1.82, 2.24) is 9.55 Å². The molecule has 0 atom stereocenters. The van der Waals surface area contributed by atoms with Gasteiger partial charge in [0, 0.05) is 12.6 Å². The number of alkyl halides is 3. The normalized spacial score (nSPS) is 11.9. The number of imidazole rings is 1. The van der Waals surface area contributed by atoms with Crippen molar-refractivity contribution in [2.75, 3.05) is 0 Å². The SMILES string of the molecule is Cn1c(-c2cccc(C(F)(F)F)c2)nc(Cl)c1Cl. The number of rotatable bonds is 1. The third-order valence-corrected chi connectivity index (χ3v) is 3.23. The molecule has 0 bridgehead atoms. The lowest BCUT2D eigenvalue weighted by Gasteiger charge is -2.08. The predicted molar refractivity (Wildman–Crippen MR) is 63.7 cm³/mol. The molecule has 0 unspecified atom stereocenters. The number of benzene rings is 1. The second kappa shape index (κ2) is 4.48. The van der Waals surface area contributed by atoms with E-state index in [1.54, 1.807) is 7.05 Å². The van der Waals surface area contributed by atoms with Gasteiger partial charge in [0.05, 0.1) is 5.56 Å². The van der Waals surface area contributed by atoms with Gasteiger partial charge in [-0.2, -0.15) is 13.2 Å². The van der Waals surface area contributed by atoms with Crippen molar-refractivity contribution < 1.29 is 13.2 Å². The van der Waals surface area contributed by atoms with Crippen LogP contribution in [0.1, 0.15) is 5.56 Å². The molecule has 7 heteroatoms. The summed E-state index contributed by atoms with van der Waals surface area (Å²) in [5.74, 6) is 0.288. The third kappa shape index (κ3) is 2.33. The van der Waals surface area contributed by atoms with Crippen LogP contribution in [-0.2, 0) is 13.2 Å². The van der Waals surface area contributed by atoms with Crippen molar-refractivity contribution in [3.8, 4) is 11.4 Å². The first kappa shape index (κ1) is 13.2. The van der Waals surface area contributed by atoms with Gasteiger partial charge in [0.15, 0.2) is 5.15 Å². The molecule has 0 saturated carbocycles. The summed E-state index contributed by atoms with van der Waals surface area (Å²) in [7, 11) is 1.58. The zero-order valence-corrected chi connectivity index (χ0v) is 10.6. The average molecular weight is 295 g/mol. The molecule has 0 saturated heterocycles. The number of aromatic nitrogens is 2. The monoisotopic (exact) mass is 294 g/mol. The van der Waals surface area contributed by atoms with Gasteiger partial charge in [0.2, 0.25) is 0 Å². The maximum absolute atomic E-state index is 12.6. The summed E-state index contributed by atoms with van der Waals surface area (Å²) < 4.78 is 39.2. The summed E-state index contributed by atoms with van der Waals surface area (Å²) in [5.41, 5.74) is -0.434. The molecule has 2 rings (SSSR count). The summed E-state index contributed by atoms with van der Waals surface area (Å²) in [5, 5.41) is 0.246. The van der Waals surface area contributed by atoms with E-state index in [9.17, 15) is 13.2 Å². The molecule has 0 aliphatic rings. The number of hydrogen-bond acceptors (Lipinski definition) is 1. The summed E-state index contributed by atoms with van der Waals surface area (Å²) in [4.78, 5) is 3.93. The molecular formula is C11H7Cl2F3N2. The Morgan fingerprint density at radius 2 is 1.89 bits per heavy atom. The van der Waals surface area contributed by atoms with Gasteiger partial charge in [-0.25, -0.2) is 4.98 Å². The second-order valence-corrected chi connectivity index (χ2v) is 4.37. The highest BCUT2D eigenvalue weighted by molar-refractivity contribution is 6.40. The van der Waals surface area contributed by atoms with Gasteiger partial charge in [0.1, 0.15) is 11.0 Å². The third-order valence-electron chi connectivity index (χ3n) is 2.43. The van der Waals surface area contributed by atoms with E-state index in [1.807, 2.05) is 0 Å². The number of hydrogen-bond donors (Lipinski definition) is 0. The number of nitrogens with zero attached hydrogens (tertiary/aromatic N) is 2. The topological polar surface area (TPSA) is 17.8 Å². The van der Waals surface area contributed by atoms with E-state index in [0.717, 1.165) is 12.1 Å². The fourth-order valence-corrected chi connectivity index (χ4v) is 1.87. The van der Waals surface area contributed by atoms with Crippen molar-refractivity contribution in [2.45, 2.75) is 6.18 Å². The lowest BCUT2D eigenvalue weighted by molar-refractivity contribution is -0.137. The Labute approximate surface area is 111 Å². The minimum atomic E-state index is -4.39. The van der Waals surface area contributed by atoms with Crippen LogP contribution in [0.25, 0.3) is 11.4 Å². The van der Waals surface area contributed by atoms with Crippen LogP contribution in [0.2, 0.25) is 10.3 Å². The van der Waals surface area contributed by atoms with Crippen LogP contribution < -0.4 is 0 Å². The Balaban J connectivity index is 2.55. The van der Waals surface area contributed by atoms with E-state index in [2.05, 4.69) is 4.98 Å². The molecule has 2 aromatic rings. The second-order valence-electron chi connectivity index (χ2n) is 3.65. The van der Waals surface area contributed by atoms with Gasteiger partial charge in [-0.05, 0) is 12.1 Å². The van der Waals surface area contributed by atoms with Crippen molar-refractivity contribution in [3.63, 3.8) is 0 Å². The zero-order valence-electron chi connectivity index (χ0n) is 9.09. The largest absolute Gasteiger partial charge is 0.416 e. The molecular weight excluding hydrogens is 288 g/mol. The Bertz CT molecular complexity index is 590. The van der Waals surface area contributed by atoms with Crippen LogP contribution in [0.3, 0.4) is 0 Å². The Hall–Kier alpha value is -1.20. The molecule has 2 nitrogen and oxygen atoms in total. The van der Waals surface area contributed by atoms with Crippen molar-refractivity contribution in [1.29, 1.82) is 0 Å².